The zero-order valence-corrected chi connectivity index (χ0v) is 13.4. The van der Waals surface area contributed by atoms with Crippen LogP contribution in [0.3, 0.4) is 0 Å². The summed E-state index contributed by atoms with van der Waals surface area (Å²) < 4.78 is 13.1. The normalized spacial score (nSPS) is 15.1. The average Bonchev–Trinajstić information content (AvgIpc) is 2.62. The van der Waals surface area contributed by atoms with E-state index < -0.39 is 5.82 Å². The second kappa shape index (κ2) is 7.84. The van der Waals surface area contributed by atoms with E-state index in [4.69, 9.17) is 0 Å². The zero-order chi connectivity index (χ0) is 16.8. The maximum atomic E-state index is 13.1. The number of amides is 1. The van der Waals surface area contributed by atoms with Crippen LogP contribution in [0.15, 0.2) is 59.7 Å². The van der Waals surface area contributed by atoms with E-state index in [0.29, 0.717) is 0 Å². The molecule has 1 saturated heterocycles. The van der Waals surface area contributed by atoms with Gasteiger partial charge in [-0.2, -0.15) is 5.10 Å². The van der Waals surface area contributed by atoms with Gasteiger partial charge in [-0.1, -0.05) is 36.4 Å². The number of rotatable bonds is 4. The lowest BCUT2D eigenvalue weighted by Crippen LogP contribution is -2.34. The van der Waals surface area contributed by atoms with Crippen molar-refractivity contribution in [3.8, 4) is 0 Å². The van der Waals surface area contributed by atoms with Gasteiger partial charge in [-0.3, -0.25) is 9.69 Å². The number of benzene rings is 2. The third-order valence-corrected chi connectivity index (χ3v) is 4.08. The van der Waals surface area contributed by atoms with E-state index in [1.54, 1.807) is 6.07 Å². The van der Waals surface area contributed by atoms with Crippen LogP contribution in [0.4, 0.5) is 4.39 Å². The molecule has 124 valence electrons. The summed E-state index contributed by atoms with van der Waals surface area (Å²) in [5, 5.41) is 4.20. The molecule has 0 spiro atoms. The molecule has 2 aromatic carbocycles. The van der Waals surface area contributed by atoms with Gasteiger partial charge in [-0.05, 0) is 23.8 Å². The highest BCUT2D eigenvalue weighted by atomic mass is 19.1. The van der Waals surface area contributed by atoms with Crippen molar-refractivity contribution in [2.45, 2.75) is 19.4 Å². The van der Waals surface area contributed by atoms with Gasteiger partial charge in [0.1, 0.15) is 5.82 Å². The van der Waals surface area contributed by atoms with E-state index in [1.807, 2.05) is 18.2 Å². The Kier molecular flexibility index (Phi) is 5.33. The van der Waals surface area contributed by atoms with Gasteiger partial charge in [0.2, 0.25) is 0 Å². The third-order valence-electron chi connectivity index (χ3n) is 4.08. The number of likely N-dealkylation sites (tertiary alicyclic amines) is 1. The predicted molar refractivity (Wildman–Crippen MR) is 92.3 cm³/mol. The van der Waals surface area contributed by atoms with E-state index in [-0.39, 0.29) is 11.5 Å². The quantitative estimate of drug-likeness (QED) is 0.877. The van der Waals surface area contributed by atoms with Crippen LogP contribution in [0.25, 0.3) is 0 Å². The molecule has 1 N–H and O–H groups in total. The monoisotopic (exact) mass is 325 g/mol. The van der Waals surface area contributed by atoms with E-state index >= 15 is 0 Å². The second-order valence-corrected chi connectivity index (χ2v) is 5.89. The highest BCUT2D eigenvalue weighted by Gasteiger charge is 2.15. The SMILES string of the molecule is O=C(NN=C1CCN(Cc2ccccc2)CC1)c1cccc(F)c1. The van der Waals surface area contributed by atoms with Crippen molar-refractivity contribution in [3.63, 3.8) is 0 Å². The number of nitrogens with zero attached hydrogens (tertiary/aromatic N) is 2. The smallest absolute Gasteiger partial charge is 0.271 e. The second-order valence-electron chi connectivity index (χ2n) is 5.89. The van der Waals surface area contributed by atoms with Crippen LogP contribution in [-0.2, 0) is 6.54 Å². The van der Waals surface area contributed by atoms with E-state index in [9.17, 15) is 9.18 Å². The van der Waals surface area contributed by atoms with Gasteiger partial charge in [-0.15, -0.1) is 0 Å². The minimum Gasteiger partial charge on any atom is -0.298 e. The van der Waals surface area contributed by atoms with Crippen molar-refractivity contribution < 1.29 is 9.18 Å². The van der Waals surface area contributed by atoms with E-state index in [1.165, 1.54) is 23.8 Å². The number of hydrogen-bond acceptors (Lipinski definition) is 3. The molecule has 0 saturated carbocycles. The largest absolute Gasteiger partial charge is 0.298 e. The third kappa shape index (κ3) is 4.49. The highest BCUT2D eigenvalue weighted by molar-refractivity contribution is 5.95. The van der Waals surface area contributed by atoms with Gasteiger partial charge in [0.25, 0.3) is 5.91 Å². The fourth-order valence-electron chi connectivity index (χ4n) is 2.75. The Balaban J connectivity index is 1.49. The molecule has 1 amide bonds. The summed E-state index contributed by atoms with van der Waals surface area (Å²) in [6, 6.07) is 16.0. The highest BCUT2D eigenvalue weighted by Crippen LogP contribution is 2.12. The molecule has 0 radical (unpaired) electrons. The molecule has 0 bridgehead atoms. The average molecular weight is 325 g/mol. The first-order chi connectivity index (χ1) is 11.7. The Morgan fingerprint density at radius 1 is 1.08 bits per heavy atom. The minimum atomic E-state index is -0.426. The molecule has 0 atom stereocenters. The van der Waals surface area contributed by atoms with Crippen LogP contribution in [-0.4, -0.2) is 29.6 Å². The molecule has 1 heterocycles. The zero-order valence-electron chi connectivity index (χ0n) is 13.4. The number of hydrazone groups is 1. The molecule has 3 rings (SSSR count). The van der Waals surface area contributed by atoms with Crippen LogP contribution < -0.4 is 5.43 Å². The van der Waals surface area contributed by atoms with Crippen molar-refractivity contribution >= 4 is 11.6 Å². The van der Waals surface area contributed by atoms with Gasteiger partial charge >= 0.3 is 0 Å². The molecular weight excluding hydrogens is 305 g/mol. The number of halogens is 1. The molecule has 1 aliphatic rings. The van der Waals surface area contributed by atoms with Crippen LogP contribution in [0.2, 0.25) is 0 Å². The van der Waals surface area contributed by atoms with Crippen LogP contribution in [0, 0.1) is 5.82 Å². The first kappa shape index (κ1) is 16.3. The van der Waals surface area contributed by atoms with Crippen molar-refractivity contribution in [1.29, 1.82) is 0 Å². The van der Waals surface area contributed by atoms with Crippen molar-refractivity contribution in [2.24, 2.45) is 5.10 Å². The predicted octanol–water partition coefficient (Wildman–Crippen LogP) is 3.21. The molecule has 5 heteroatoms. The van der Waals surface area contributed by atoms with Crippen molar-refractivity contribution in [2.75, 3.05) is 13.1 Å². The van der Waals surface area contributed by atoms with Crippen molar-refractivity contribution in [3.05, 3.63) is 71.5 Å². The van der Waals surface area contributed by atoms with Gasteiger partial charge in [0.15, 0.2) is 0 Å². The van der Waals surface area contributed by atoms with Crippen LogP contribution >= 0.6 is 0 Å². The summed E-state index contributed by atoms with van der Waals surface area (Å²) >= 11 is 0. The lowest BCUT2D eigenvalue weighted by Gasteiger charge is -2.27. The Labute approximate surface area is 141 Å². The fraction of sp³-hybridized carbons (Fsp3) is 0.263. The Bertz CT molecular complexity index is 720. The summed E-state index contributed by atoms with van der Waals surface area (Å²) in [5.41, 5.74) is 5.08. The van der Waals surface area contributed by atoms with Gasteiger partial charge in [-0.25, -0.2) is 9.82 Å². The molecule has 0 aliphatic carbocycles. The standard InChI is InChI=1S/C19H20FN3O/c20-17-8-4-7-16(13-17)19(24)22-21-18-9-11-23(12-10-18)14-15-5-2-1-3-6-15/h1-8,13H,9-12,14H2,(H,22,24). The Morgan fingerprint density at radius 3 is 2.54 bits per heavy atom. The number of carbonyl (C=O) groups is 1. The van der Waals surface area contributed by atoms with E-state index in [2.05, 4.69) is 27.6 Å². The first-order valence-electron chi connectivity index (χ1n) is 8.08. The fourth-order valence-corrected chi connectivity index (χ4v) is 2.75. The summed E-state index contributed by atoms with van der Waals surface area (Å²) in [6.07, 6.45) is 1.66. The lowest BCUT2D eigenvalue weighted by atomic mass is 10.1. The maximum Gasteiger partial charge on any atom is 0.271 e. The van der Waals surface area contributed by atoms with Crippen LogP contribution in [0.5, 0.6) is 0 Å². The molecule has 0 unspecified atom stereocenters. The summed E-state index contributed by atoms with van der Waals surface area (Å²) in [7, 11) is 0. The molecular formula is C19H20FN3O. The van der Waals surface area contributed by atoms with Crippen LogP contribution in [0.1, 0.15) is 28.8 Å². The number of nitrogens with one attached hydrogen (secondary N) is 1. The number of carbonyl (C=O) groups excluding carboxylic acids is 1. The number of hydrogen-bond donors (Lipinski definition) is 1. The number of piperidine rings is 1. The van der Waals surface area contributed by atoms with Gasteiger partial charge < -0.3 is 0 Å². The summed E-state index contributed by atoms with van der Waals surface area (Å²) in [6.45, 7) is 2.77. The Morgan fingerprint density at radius 2 is 1.83 bits per heavy atom. The Hall–Kier alpha value is -2.53. The molecule has 24 heavy (non-hydrogen) atoms. The molecule has 4 nitrogen and oxygen atoms in total. The summed E-state index contributed by atoms with van der Waals surface area (Å²) in [5.74, 6) is -0.807. The maximum absolute atomic E-state index is 13.1. The summed E-state index contributed by atoms with van der Waals surface area (Å²) in [4.78, 5) is 14.3. The molecule has 0 aromatic heterocycles. The van der Waals surface area contributed by atoms with Gasteiger partial charge in [0.05, 0.1) is 0 Å². The van der Waals surface area contributed by atoms with Gasteiger partial charge in [0, 0.05) is 43.8 Å². The molecule has 1 fully saturated rings. The van der Waals surface area contributed by atoms with Crippen molar-refractivity contribution in [1.82, 2.24) is 10.3 Å². The topological polar surface area (TPSA) is 44.7 Å². The first-order valence-corrected chi connectivity index (χ1v) is 8.08. The lowest BCUT2D eigenvalue weighted by molar-refractivity contribution is 0.0954. The molecule has 2 aromatic rings. The van der Waals surface area contributed by atoms with E-state index in [0.717, 1.165) is 38.2 Å². The minimum absolute atomic E-state index is 0.279. The molecule has 1 aliphatic heterocycles.